The summed E-state index contributed by atoms with van der Waals surface area (Å²) < 4.78 is 41.8. The lowest BCUT2D eigenvalue weighted by atomic mass is 10.0. The first kappa shape index (κ1) is 32.4. The summed E-state index contributed by atoms with van der Waals surface area (Å²) in [5.41, 5.74) is 2.34. The standard InChI is InChI=1S/C34H48F3N9O/c1-42-17-19-45(20-18-42)25-9-15-44(16-10-25)27-5-6-30(28(21-27)24-3-4-24)40-33-39-22-29(34(35,36)37)32(41-33)38-11-2-12-46-26-7-13-43(14-8-26)23-31(46)47/h5-6,21-22,24-26H,2-4,7-20,23H2,1H3,(H2,38,39,40,41). The first-order valence-electron chi connectivity index (χ1n) is 17.5. The molecule has 1 amide bonds. The second-order valence-corrected chi connectivity index (χ2v) is 14.1. The molecular weight excluding hydrogens is 607 g/mol. The predicted molar refractivity (Wildman–Crippen MR) is 177 cm³/mol. The van der Waals surface area contributed by atoms with Crippen LogP contribution in [0.5, 0.6) is 0 Å². The van der Waals surface area contributed by atoms with Crippen LogP contribution in [0.1, 0.15) is 62.0 Å². The van der Waals surface area contributed by atoms with Crippen LogP contribution in [0, 0.1) is 0 Å². The summed E-state index contributed by atoms with van der Waals surface area (Å²) >= 11 is 0. The minimum atomic E-state index is -4.59. The van der Waals surface area contributed by atoms with Gasteiger partial charge in [0.2, 0.25) is 11.9 Å². The molecule has 6 aliphatic rings. The zero-order valence-corrected chi connectivity index (χ0v) is 27.4. The molecule has 13 heteroatoms. The third-order valence-electron chi connectivity index (χ3n) is 10.8. The third-order valence-corrected chi connectivity index (χ3v) is 10.8. The number of likely N-dealkylation sites (N-methyl/N-ethyl adjacent to an activating group) is 1. The van der Waals surface area contributed by atoms with Crippen molar-refractivity contribution < 1.29 is 18.0 Å². The van der Waals surface area contributed by atoms with Crippen molar-refractivity contribution in [2.24, 2.45) is 0 Å². The molecule has 0 spiro atoms. The van der Waals surface area contributed by atoms with Crippen LogP contribution in [0.3, 0.4) is 0 Å². The molecule has 0 radical (unpaired) electrons. The maximum atomic E-state index is 13.9. The number of rotatable bonds is 10. The summed E-state index contributed by atoms with van der Waals surface area (Å²) in [4.78, 5) is 32.7. The highest BCUT2D eigenvalue weighted by Crippen LogP contribution is 2.45. The van der Waals surface area contributed by atoms with Gasteiger partial charge < -0.3 is 25.3 Å². The molecule has 2 aromatic rings. The summed E-state index contributed by atoms with van der Waals surface area (Å²) in [6.45, 7) is 9.70. The lowest BCUT2D eigenvalue weighted by Crippen LogP contribution is -2.52. The van der Waals surface area contributed by atoms with Crippen molar-refractivity contribution in [2.75, 3.05) is 94.6 Å². The Kier molecular flexibility index (Phi) is 9.48. The van der Waals surface area contributed by atoms with Gasteiger partial charge in [0.15, 0.2) is 0 Å². The Morgan fingerprint density at radius 2 is 1.64 bits per heavy atom. The molecule has 2 bridgehead atoms. The summed E-state index contributed by atoms with van der Waals surface area (Å²) in [5.74, 6) is 0.442. The van der Waals surface area contributed by atoms with Crippen LogP contribution in [-0.4, -0.2) is 127 Å². The Hall–Kier alpha value is -3.16. The van der Waals surface area contributed by atoms with E-state index in [4.69, 9.17) is 0 Å². The van der Waals surface area contributed by atoms with Crippen molar-refractivity contribution in [1.82, 2.24) is 29.6 Å². The van der Waals surface area contributed by atoms with Crippen LogP contribution < -0.4 is 15.5 Å². The van der Waals surface area contributed by atoms with Gasteiger partial charge in [-0.3, -0.25) is 14.6 Å². The first-order chi connectivity index (χ1) is 22.7. The summed E-state index contributed by atoms with van der Waals surface area (Å²) in [5, 5.41) is 6.17. The number of hydrogen-bond donors (Lipinski definition) is 2. The molecule has 1 aromatic carbocycles. The smallest absolute Gasteiger partial charge is 0.371 e. The van der Waals surface area contributed by atoms with E-state index in [0.717, 1.165) is 103 Å². The van der Waals surface area contributed by atoms with Crippen molar-refractivity contribution in [3.05, 3.63) is 35.5 Å². The lowest BCUT2D eigenvalue weighted by molar-refractivity contribution is -0.137. The number of amides is 1. The van der Waals surface area contributed by atoms with Gasteiger partial charge >= 0.3 is 6.18 Å². The van der Waals surface area contributed by atoms with Gasteiger partial charge in [0, 0.05) is 95.1 Å². The number of nitrogens with zero attached hydrogens (tertiary/aromatic N) is 7. The molecule has 1 aliphatic carbocycles. The van der Waals surface area contributed by atoms with Gasteiger partial charge in [0.1, 0.15) is 11.4 Å². The Morgan fingerprint density at radius 1 is 0.915 bits per heavy atom. The summed E-state index contributed by atoms with van der Waals surface area (Å²) in [6, 6.07) is 7.27. The molecule has 1 aromatic heterocycles. The van der Waals surface area contributed by atoms with Crippen molar-refractivity contribution in [1.29, 1.82) is 0 Å². The molecule has 5 saturated heterocycles. The number of alkyl halides is 3. The summed E-state index contributed by atoms with van der Waals surface area (Å²) in [6.07, 6.45) is 3.23. The monoisotopic (exact) mass is 655 g/mol. The predicted octanol–water partition coefficient (Wildman–Crippen LogP) is 4.44. The van der Waals surface area contributed by atoms with Gasteiger partial charge in [-0.1, -0.05) is 0 Å². The Morgan fingerprint density at radius 3 is 2.34 bits per heavy atom. The molecule has 0 unspecified atom stereocenters. The minimum absolute atomic E-state index is 0.113. The van der Waals surface area contributed by atoms with Crippen LogP contribution in [0.4, 0.5) is 36.3 Å². The fourth-order valence-corrected chi connectivity index (χ4v) is 7.81. The van der Waals surface area contributed by atoms with Gasteiger partial charge in [-0.2, -0.15) is 18.2 Å². The topological polar surface area (TPSA) is 83.1 Å². The number of piperidine rings is 2. The molecular formula is C34H48F3N9O. The number of nitrogens with one attached hydrogen (secondary N) is 2. The van der Waals surface area contributed by atoms with E-state index in [0.29, 0.717) is 31.5 Å². The number of carbonyl (C=O) groups is 1. The SMILES string of the molecule is CN1CCN(C2CCN(c3ccc(Nc4ncc(C(F)(F)F)c(NCCCN5C(=O)CN6CCC5CC6)n4)c(C4CC4)c3)CC2)CC1. The zero-order valence-electron chi connectivity index (χ0n) is 27.4. The normalized spacial score (nSPS) is 24.9. The number of piperazine rings is 1. The Balaban J connectivity index is 0.997. The van der Waals surface area contributed by atoms with Crippen LogP contribution in [-0.2, 0) is 11.0 Å². The number of fused-ring (bicyclic) bond motifs is 4. The Bertz CT molecular complexity index is 1400. The van der Waals surface area contributed by atoms with Crippen LogP contribution in [0.15, 0.2) is 24.4 Å². The van der Waals surface area contributed by atoms with Gasteiger partial charge in [-0.05, 0) is 81.7 Å². The highest BCUT2D eigenvalue weighted by molar-refractivity contribution is 5.79. The van der Waals surface area contributed by atoms with Crippen LogP contribution in [0.2, 0.25) is 0 Å². The average Bonchev–Trinajstić information content (AvgIpc) is 3.93. The quantitative estimate of drug-likeness (QED) is 0.361. The highest BCUT2D eigenvalue weighted by Gasteiger charge is 2.36. The third kappa shape index (κ3) is 7.62. The van der Waals surface area contributed by atoms with Gasteiger partial charge in [-0.25, -0.2) is 4.98 Å². The molecule has 256 valence electrons. The van der Waals surface area contributed by atoms with Gasteiger partial charge in [0.05, 0.1) is 6.54 Å². The molecule has 47 heavy (non-hydrogen) atoms. The van der Waals surface area contributed by atoms with E-state index in [2.05, 4.69) is 59.4 Å². The van der Waals surface area contributed by atoms with Crippen molar-refractivity contribution in [3.8, 4) is 0 Å². The number of aromatic nitrogens is 2. The number of hydrogen-bond acceptors (Lipinski definition) is 9. The van der Waals surface area contributed by atoms with Crippen LogP contribution >= 0.6 is 0 Å². The van der Waals surface area contributed by atoms with E-state index in [9.17, 15) is 18.0 Å². The maximum Gasteiger partial charge on any atom is 0.421 e. The van der Waals surface area contributed by atoms with Gasteiger partial charge in [-0.15, -0.1) is 0 Å². The van der Waals surface area contributed by atoms with E-state index in [1.165, 1.54) is 11.3 Å². The van der Waals surface area contributed by atoms with Crippen LogP contribution in [0.25, 0.3) is 0 Å². The molecule has 0 atom stereocenters. The highest BCUT2D eigenvalue weighted by atomic mass is 19.4. The first-order valence-corrected chi connectivity index (χ1v) is 17.5. The lowest BCUT2D eigenvalue weighted by Gasteiger charge is -2.42. The number of benzene rings is 1. The largest absolute Gasteiger partial charge is 0.421 e. The van der Waals surface area contributed by atoms with Gasteiger partial charge in [0.25, 0.3) is 0 Å². The molecule has 2 N–H and O–H groups in total. The van der Waals surface area contributed by atoms with Crippen molar-refractivity contribution >= 4 is 29.0 Å². The van der Waals surface area contributed by atoms with E-state index in [1.54, 1.807) is 0 Å². The van der Waals surface area contributed by atoms with E-state index < -0.39 is 11.7 Å². The van der Waals surface area contributed by atoms with E-state index in [-0.39, 0.29) is 30.3 Å². The molecule has 6 fully saturated rings. The maximum absolute atomic E-state index is 13.9. The molecule has 10 nitrogen and oxygen atoms in total. The number of anilines is 4. The second-order valence-electron chi connectivity index (χ2n) is 14.1. The average molecular weight is 656 g/mol. The number of carbonyl (C=O) groups excluding carboxylic acids is 1. The zero-order chi connectivity index (χ0) is 32.5. The fraction of sp³-hybridized carbons (Fsp3) is 0.676. The van der Waals surface area contributed by atoms with E-state index >= 15 is 0 Å². The Labute approximate surface area is 275 Å². The molecule has 5 aliphatic heterocycles. The molecule has 8 rings (SSSR count). The van der Waals surface area contributed by atoms with E-state index in [1.807, 2.05) is 11.0 Å². The fourth-order valence-electron chi connectivity index (χ4n) is 7.81. The van der Waals surface area contributed by atoms with Crippen molar-refractivity contribution in [2.45, 2.75) is 69.1 Å². The molecule has 6 heterocycles. The summed E-state index contributed by atoms with van der Waals surface area (Å²) in [7, 11) is 2.19. The van der Waals surface area contributed by atoms with Crippen molar-refractivity contribution in [3.63, 3.8) is 0 Å². The minimum Gasteiger partial charge on any atom is -0.371 e. The number of halogens is 3. The molecule has 1 saturated carbocycles. The second kappa shape index (κ2) is 13.8.